The van der Waals surface area contributed by atoms with Gasteiger partial charge in [-0.2, -0.15) is 4.31 Å². The molecule has 3 fully saturated rings. The van der Waals surface area contributed by atoms with Gasteiger partial charge in [-0.3, -0.25) is 0 Å². The highest BCUT2D eigenvalue weighted by atomic mass is 32.2. The van der Waals surface area contributed by atoms with E-state index in [1.807, 2.05) is 0 Å². The smallest absolute Gasteiger partial charge is 0.222 e. The molecule has 120 valence electrons. The highest BCUT2D eigenvalue weighted by molar-refractivity contribution is 7.90. The van der Waals surface area contributed by atoms with Gasteiger partial charge in [0.25, 0.3) is 0 Å². The lowest BCUT2D eigenvalue weighted by Crippen LogP contribution is -2.53. The molecule has 0 aromatic heterocycles. The summed E-state index contributed by atoms with van der Waals surface area (Å²) in [4.78, 5) is 0. The average molecular weight is 316 g/mol. The van der Waals surface area contributed by atoms with Gasteiger partial charge in [0, 0.05) is 19.0 Å². The van der Waals surface area contributed by atoms with Gasteiger partial charge in [0.05, 0.1) is 18.9 Å². The zero-order chi connectivity index (χ0) is 15.4. The fraction of sp³-hybridized carbons (Fsp3) is 0.929. The molecule has 6 nitrogen and oxygen atoms in total. The molecule has 1 N–H and O–H groups in total. The van der Waals surface area contributed by atoms with Crippen LogP contribution in [0.2, 0.25) is 0 Å². The summed E-state index contributed by atoms with van der Waals surface area (Å²) < 4.78 is 32.8. The zero-order valence-corrected chi connectivity index (χ0v) is 13.6. The number of nitrogens with zero attached hydrogens (tertiary/aromatic N) is 2. The first kappa shape index (κ1) is 15.2. The van der Waals surface area contributed by atoms with Crippen molar-refractivity contribution in [2.24, 2.45) is 28.3 Å². The van der Waals surface area contributed by atoms with Crippen LogP contribution in [0.1, 0.15) is 27.2 Å². The normalized spacial score (nSPS) is 41.8. The fourth-order valence-corrected chi connectivity index (χ4v) is 6.78. The van der Waals surface area contributed by atoms with Crippen LogP contribution in [0, 0.1) is 23.2 Å². The Labute approximate surface area is 126 Å². The molecule has 0 aromatic rings. The number of fused-ring (bicyclic) bond motifs is 2. The molecule has 0 unspecified atom stereocenters. The van der Waals surface area contributed by atoms with E-state index in [1.165, 1.54) is 4.31 Å². The van der Waals surface area contributed by atoms with Crippen molar-refractivity contribution in [2.75, 3.05) is 26.3 Å². The van der Waals surface area contributed by atoms with Crippen molar-refractivity contribution >= 4 is 15.7 Å². The summed E-state index contributed by atoms with van der Waals surface area (Å²) in [5, 5.41) is 12.1. The van der Waals surface area contributed by atoms with Gasteiger partial charge in [-0.05, 0) is 23.7 Å². The molecule has 4 atom stereocenters. The molecule has 21 heavy (non-hydrogen) atoms. The van der Waals surface area contributed by atoms with E-state index in [0.29, 0.717) is 37.9 Å². The Morgan fingerprint density at radius 1 is 1.33 bits per heavy atom. The van der Waals surface area contributed by atoms with E-state index in [-0.39, 0.29) is 17.3 Å². The second-order valence-corrected chi connectivity index (χ2v) is 9.11. The molecule has 3 aliphatic rings. The van der Waals surface area contributed by atoms with Gasteiger partial charge in [0.1, 0.15) is 5.25 Å². The van der Waals surface area contributed by atoms with E-state index in [9.17, 15) is 13.6 Å². The van der Waals surface area contributed by atoms with Gasteiger partial charge in [-0.15, -0.1) is 0 Å². The maximum atomic E-state index is 13.0. The summed E-state index contributed by atoms with van der Waals surface area (Å²) in [5.41, 5.74) is 0.418. The molecule has 3 rings (SSSR count). The van der Waals surface area contributed by atoms with Crippen molar-refractivity contribution in [3.8, 4) is 0 Å². The number of rotatable bonds is 2. The minimum absolute atomic E-state index is 0.0243. The van der Waals surface area contributed by atoms with E-state index in [0.717, 1.165) is 6.42 Å². The molecule has 0 spiro atoms. The summed E-state index contributed by atoms with van der Waals surface area (Å²) in [6.45, 7) is 8.07. The quantitative estimate of drug-likeness (QED) is 0.612. The summed E-state index contributed by atoms with van der Waals surface area (Å²) in [6, 6.07) is 0. The van der Waals surface area contributed by atoms with E-state index < -0.39 is 15.3 Å². The summed E-state index contributed by atoms with van der Waals surface area (Å²) in [7, 11) is -3.49. The Morgan fingerprint density at radius 3 is 2.52 bits per heavy atom. The fourth-order valence-electron chi connectivity index (χ4n) is 4.40. The number of hydrogen-bond donors (Lipinski definition) is 1. The van der Waals surface area contributed by atoms with Gasteiger partial charge in [-0.25, -0.2) is 8.42 Å². The van der Waals surface area contributed by atoms with Gasteiger partial charge in [-0.1, -0.05) is 25.9 Å². The highest BCUT2D eigenvalue weighted by Crippen LogP contribution is 2.59. The van der Waals surface area contributed by atoms with Crippen molar-refractivity contribution in [1.82, 2.24) is 4.31 Å². The molecular weight excluding hydrogens is 292 g/mol. The number of sulfonamides is 1. The van der Waals surface area contributed by atoms with Crippen molar-refractivity contribution in [1.29, 1.82) is 0 Å². The largest absolute Gasteiger partial charge is 0.411 e. The number of morpholine rings is 1. The molecule has 0 radical (unpaired) electrons. The van der Waals surface area contributed by atoms with E-state index in [4.69, 9.17) is 4.74 Å². The first-order valence-electron chi connectivity index (χ1n) is 7.60. The SMILES string of the molecule is C[C@@H]1[C@H]2C[C@@H]([C@H](S(=O)(=O)N3CCOCC3)/C2=N\O)C1(C)C. The van der Waals surface area contributed by atoms with Gasteiger partial charge < -0.3 is 9.94 Å². The number of hydrogen-bond acceptors (Lipinski definition) is 5. The van der Waals surface area contributed by atoms with Crippen LogP contribution in [0.5, 0.6) is 0 Å². The predicted molar refractivity (Wildman–Crippen MR) is 78.9 cm³/mol. The van der Waals surface area contributed by atoms with E-state index in [2.05, 4.69) is 25.9 Å². The van der Waals surface area contributed by atoms with Crippen molar-refractivity contribution in [3.63, 3.8) is 0 Å². The first-order valence-corrected chi connectivity index (χ1v) is 9.10. The van der Waals surface area contributed by atoms with Gasteiger partial charge in [0.2, 0.25) is 10.0 Å². The van der Waals surface area contributed by atoms with Crippen molar-refractivity contribution in [3.05, 3.63) is 0 Å². The molecule has 2 saturated carbocycles. The minimum atomic E-state index is -3.49. The molecule has 7 heteroatoms. The third-order valence-electron chi connectivity index (χ3n) is 6.04. The lowest BCUT2D eigenvalue weighted by Gasteiger charge is -2.42. The lowest BCUT2D eigenvalue weighted by atomic mass is 9.69. The third-order valence-corrected chi connectivity index (χ3v) is 8.34. The highest BCUT2D eigenvalue weighted by Gasteiger charge is 2.63. The standard InChI is InChI=1S/C14H24N2O4S/c1-9-10-8-11(14(9,2)3)13(12(10)15-17)21(18,19)16-4-6-20-7-5-16/h9-11,13,17H,4-8H2,1-3H3/b15-12-/t9-,10-,11+,13+/m1/s1. The Balaban J connectivity index is 1.97. The Hall–Kier alpha value is -0.660. The Kier molecular flexibility index (Phi) is 3.58. The molecular formula is C14H24N2O4S. The van der Waals surface area contributed by atoms with Crippen LogP contribution < -0.4 is 0 Å². The van der Waals surface area contributed by atoms with Crippen LogP contribution in [-0.4, -0.2) is 55.2 Å². The molecule has 0 amide bonds. The van der Waals surface area contributed by atoms with Crippen LogP contribution in [0.4, 0.5) is 0 Å². The predicted octanol–water partition coefficient (Wildman–Crippen LogP) is 1.16. The first-order chi connectivity index (χ1) is 9.81. The third kappa shape index (κ3) is 2.04. The topological polar surface area (TPSA) is 79.2 Å². The summed E-state index contributed by atoms with van der Waals surface area (Å²) >= 11 is 0. The van der Waals surface area contributed by atoms with Crippen LogP contribution >= 0.6 is 0 Å². The van der Waals surface area contributed by atoms with Gasteiger partial charge >= 0.3 is 0 Å². The average Bonchev–Trinajstić information content (AvgIpc) is 2.96. The number of oxime groups is 1. The summed E-state index contributed by atoms with van der Waals surface area (Å²) in [5.74, 6) is 0.441. The van der Waals surface area contributed by atoms with Crippen molar-refractivity contribution < 1.29 is 18.4 Å². The van der Waals surface area contributed by atoms with E-state index >= 15 is 0 Å². The van der Waals surface area contributed by atoms with Crippen LogP contribution in [0.15, 0.2) is 5.16 Å². The molecule has 2 aliphatic carbocycles. The molecule has 1 heterocycles. The molecule has 1 saturated heterocycles. The minimum Gasteiger partial charge on any atom is -0.411 e. The van der Waals surface area contributed by atoms with Crippen LogP contribution in [-0.2, 0) is 14.8 Å². The second-order valence-electron chi connectivity index (χ2n) is 7.06. The zero-order valence-electron chi connectivity index (χ0n) is 12.8. The Bertz CT molecular complexity index is 551. The lowest BCUT2D eigenvalue weighted by molar-refractivity contribution is 0.0719. The van der Waals surface area contributed by atoms with Crippen molar-refractivity contribution in [2.45, 2.75) is 32.4 Å². The molecule has 2 bridgehead atoms. The molecule has 0 aromatic carbocycles. The van der Waals surface area contributed by atoms with Crippen LogP contribution in [0.3, 0.4) is 0 Å². The monoisotopic (exact) mass is 316 g/mol. The number of ether oxygens (including phenoxy) is 1. The Morgan fingerprint density at radius 2 is 1.95 bits per heavy atom. The maximum Gasteiger partial charge on any atom is 0.222 e. The summed E-state index contributed by atoms with van der Waals surface area (Å²) in [6.07, 6.45) is 0.807. The van der Waals surface area contributed by atoms with Crippen LogP contribution in [0.25, 0.3) is 0 Å². The maximum absolute atomic E-state index is 13.0. The second kappa shape index (κ2) is 4.93. The van der Waals surface area contributed by atoms with Gasteiger partial charge in [0.15, 0.2) is 0 Å². The molecule has 1 aliphatic heterocycles. The van der Waals surface area contributed by atoms with E-state index in [1.54, 1.807) is 0 Å².